The lowest BCUT2D eigenvalue weighted by atomic mass is 10.1. The van der Waals surface area contributed by atoms with Gasteiger partial charge in [-0.2, -0.15) is 0 Å². The Kier molecular flexibility index (Phi) is 6.08. The summed E-state index contributed by atoms with van der Waals surface area (Å²) in [6, 6.07) is 7.30. The summed E-state index contributed by atoms with van der Waals surface area (Å²) in [7, 11) is 4.38. The monoisotopic (exact) mass is 353 g/mol. The largest absolute Gasteiger partial charge is 0.369 e. The first kappa shape index (κ1) is 16.8. The van der Waals surface area contributed by atoms with Gasteiger partial charge in [-0.1, -0.05) is 35.8 Å². The predicted molar refractivity (Wildman–Crippen MR) is 95.0 cm³/mol. The molecule has 3 nitrogen and oxygen atoms in total. The number of benzene rings is 1. The Balaban J connectivity index is 2.16. The van der Waals surface area contributed by atoms with Crippen LogP contribution in [0.3, 0.4) is 0 Å². The van der Waals surface area contributed by atoms with Crippen molar-refractivity contribution in [3.05, 3.63) is 28.2 Å². The van der Waals surface area contributed by atoms with Gasteiger partial charge in [0.1, 0.15) is 0 Å². The highest BCUT2D eigenvalue weighted by atomic mass is 79.9. The van der Waals surface area contributed by atoms with Crippen LogP contribution in [0.4, 0.5) is 5.69 Å². The molecule has 1 N–H and O–H groups in total. The third kappa shape index (κ3) is 4.21. The molecule has 1 aliphatic heterocycles. The van der Waals surface area contributed by atoms with Crippen molar-refractivity contribution in [1.82, 2.24) is 10.2 Å². The van der Waals surface area contributed by atoms with Crippen molar-refractivity contribution in [2.45, 2.75) is 32.9 Å². The van der Waals surface area contributed by atoms with Gasteiger partial charge in [-0.3, -0.25) is 0 Å². The van der Waals surface area contributed by atoms with E-state index in [2.05, 4.69) is 77.2 Å². The van der Waals surface area contributed by atoms with Crippen molar-refractivity contribution in [2.75, 3.05) is 38.6 Å². The summed E-state index contributed by atoms with van der Waals surface area (Å²) in [6.45, 7) is 8.85. The third-order valence-electron chi connectivity index (χ3n) is 4.37. The molecule has 0 radical (unpaired) electrons. The highest BCUT2D eigenvalue weighted by molar-refractivity contribution is 9.10. The van der Waals surface area contributed by atoms with E-state index < -0.39 is 0 Å². The molecular weight excluding hydrogens is 326 g/mol. The second-order valence-corrected chi connectivity index (χ2v) is 7.28. The molecule has 0 amide bonds. The van der Waals surface area contributed by atoms with Crippen LogP contribution < -0.4 is 10.2 Å². The van der Waals surface area contributed by atoms with E-state index in [-0.39, 0.29) is 0 Å². The van der Waals surface area contributed by atoms with E-state index in [1.54, 1.807) is 0 Å². The molecule has 4 heteroatoms. The van der Waals surface area contributed by atoms with E-state index in [4.69, 9.17) is 0 Å². The summed E-state index contributed by atoms with van der Waals surface area (Å²) in [5, 5.41) is 3.53. The molecule has 21 heavy (non-hydrogen) atoms. The SMILES string of the molecule is CCCNCc1ccc(Br)cc1N1CC(C)C(N(C)C)C1. The van der Waals surface area contributed by atoms with E-state index in [9.17, 15) is 0 Å². The summed E-state index contributed by atoms with van der Waals surface area (Å²) < 4.78 is 1.16. The summed E-state index contributed by atoms with van der Waals surface area (Å²) in [5.74, 6) is 0.704. The second-order valence-electron chi connectivity index (χ2n) is 6.36. The van der Waals surface area contributed by atoms with Gasteiger partial charge in [0.2, 0.25) is 0 Å². The van der Waals surface area contributed by atoms with Gasteiger partial charge in [0.25, 0.3) is 0 Å². The minimum absolute atomic E-state index is 0.639. The van der Waals surface area contributed by atoms with E-state index in [1.165, 1.54) is 17.7 Å². The molecule has 1 aliphatic rings. The Morgan fingerprint density at radius 3 is 2.71 bits per heavy atom. The number of likely N-dealkylation sites (N-methyl/N-ethyl adjacent to an activating group) is 1. The van der Waals surface area contributed by atoms with Crippen LogP contribution >= 0.6 is 15.9 Å². The third-order valence-corrected chi connectivity index (χ3v) is 4.86. The minimum atomic E-state index is 0.639. The van der Waals surface area contributed by atoms with Crippen LogP contribution in [0.2, 0.25) is 0 Å². The van der Waals surface area contributed by atoms with Crippen molar-refractivity contribution < 1.29 is 0 Å². The number of nitrogens with one attached hydrogen (secondary N) is 1. The van der Waals surface area contributed by atoms with Crippen molar-refractivity contribution in [3.63, 3.8) is 0 Å². The molecule has 1 aromatic carbocycles. The number of rotatable bonds is 6. The summed E-state index contributed by atoms with van der Waals surface area (Å²) >= 11 is 3.63. The predicted octanol–water partition coefficient (Wildman–Crippen LogP) is 3.34. The first-order chi connectivity index (χ1) is 10.0. The number of anilines is 1. The van der Waals surface area contributed by atoms with Crippen molar-refractivity contribution >= 4 is 21.6 Å². The molecule has 0 aliphatic carbocycles. The minimum Gasteiger partial charge on any atom is -0.369 e. The number of halogens is 1. The smallest absolute Gasteiger partial charge is 0.0423 e. The standard InChI is InChI=1S/C17H28BrN3/c1-5-8-19-10-14-6-7-15(18)9-16(14)21-11-13(2)17(12-21)20(3)4/h6-7,9,13,17,19H,5,8,10-12H2,1-4H3. The molecule has 0 aromatic heterocycles. The number of hydrogen-bond donors (Lipinski definition) is 1. The number of hydrogen-bond acceptors (Lipinski definition) is 3. The molecule has 2 unspecified atom stereocenters. The van der Waals surface area contributed by atoms with E-state index in [0.29, 0.717) is 12.0 Å². The molecule has 0 saturated carbocycles. The van der Waals surface area contributed by atoms with Gasteiger partial charge in [-0.15, -0.1) is 0 Å². The van der Waals surface area contributed by atoms with Gasteiger partial charge < -0.3 is 15.1 Å². The Morgan fingerprint density at radius 2 is 2.10 bits per heavy atom. The van der Waals surface area contributed by atoms with Crippen molar-refractivity contribution in [1.29, 1.82) is 0 Å². The maximum Gasteiger partial charge on any atom is 0.0423 e. The van der Waals surface area contributed by atoms with Crippen molar-refractivity contribution in [2.24, 2.45) is 5.92 Å². The van der Waals surface area contributed by atoms with Gasteiger partial charge in [0.05, 0.1) is 0 Å². The van der Waals surface area contributed by atoms with Gasteiger partial charge in [0.15, 0.2) is 0 Å². The Labute approximate surface area is 137 Å². The fourth-order valence-electron chi connectivity index (χ4n) is 3.20. The van der Waals surface area contributed by atoms with Crippen LogP contribution in [0.15, 0.2) is 22.7 Å². The summed E-state index contributed by atoms with van der Waals surface area (Å²) in [6.07, 6.45) is 1.18. The van der Waals surface area contributed by atoms with Crippen LogP contribution in [0.5, 0.6) is 0 Å². The van der Waals surface area contributed by atoms with Crippen LogP contribution in [0.25, 0.3) is 0 Å². The fraction of sp³-hybridized carbons (Fsp3) is 0.647. The second kappa shape index (κ2) is 7.61. The molecule has 1 fully saturated rings. The van der Waals surface area contributed by atoms with Crippen molar-refractivity contribution in [3.8, 4) is 0 Å². The van der Waals surface area contributed by atoms with Crippen LogP contribution in [-0.2, 0) is 6.54 Å². The Hall–Kier alpha value is -0.580. The lowest BCUT2D eigenvalue weighted by molar-refractivity contribution is 0.266. The molecule has 0 spiro atoms. The molecule has 1 saturated heterocycles. The van der Waals surface area contributed by atoms with E-state index >= 15 is 0 Å². The summed E-state index contributed by atoms with van der Waals surface area (Å²) in [4.78, 5) is 4.90. The average molecular weight is 354 g/mol. The zero-order valence-electron chi connectivity index (χ0n) is 13.7. The fourth-order valence-corrected chi connectivity index (χ4v) is 3.55. The molecule has 1 heterocycles. The molecule has 118 valence electrons. The van der Waals surface area contributed by atoms with E-state index in [1.807, 2.05) is 0 Å². The first-order valence-electron chi connectivity index (χ1n) is 7.93. The van der Waals surface area contributed by atoms with Crippen LogP contribution in [0.1, 0.15) is 25.8 Å². The maximum absolute atomic E-state index is 3.63. The van der Waals surface area contributed by atoms with Crippen LogP contribution in [0, 0.1) is 5.92 Å². The molecule has 0 bridgehead atoms. The highest BCUT2D eigenvalue weighted by Gasteiger charge is 2.31. The quantitative estimate of drug-likeness (QED) is 0.791. The topological polar surface area (TPSA) is 18.5 Å². The van der Waals surface area contributed by atoms with Gasteiger partial charge in [0, 0.05) is 35.8 Å². The van der Waals surface area contributed by atoms with Crippen LogP contribution in [-0.4, -0.2) is 44.7 Å². The lowest BCUT2D eigenvalue weighted by Crippen LogP contribution is -2.34. The Morgan fingerprint density at radius 1 is 1.33 bits per heavy atom. The van der Waals surface area contributed by atoms with E-state index in [0.717, 1.165) is 30.7 Å². The maximum atomic E-state index is 3.63. The van der Waals surface area contributed by atoms with Gasteiger partial charge >= 0.3 is 0 Å². The van der Waals surface area contributed by atoms with Gasteiger partial charge in [-0.05, 0) is 50.7 Å². The molecule has 2 rings (SSSR count). The molecule has 1 aromatic rings. The highest BCUT2D eigenvalue weighted by Crippen LogP contribution is 2.31. The first-order valence-corrected chi connectivity index (χ1v) is 8.72. The summed E-state index contributed by atoms with van der Waals surface area (Å²) in [5.41, 5.74) is 2.78. The van der Waals surface area contributed by atoms with Gasteiger partial charge in [-0.25, -0.2) is 0 Å². The average Bonchev–Trinajstić information content (AvgIpc) is 2.83. The lowest BCUT2D eigenvalue weighted by Gasteiger charge is -2.24. The number of nitrogens with zero attached hydrogens (tertiary/aromatic N) is 2. The zero-order valence-corrected chi connectivity index (χ0v) is 15.3. The normalized spacial score (nSPS) is 22.3. The molecule has 2 atom stereocenters. The molecular formula is C17H28BrN3. The Bertz CT molecular complexity index is 461. The zero-order chi connectivity index (χ0) is 15.4.